The van der Waals surface area contributed by atoms with E-state index in [1.165, 1.54) is 19.9 Å². The first-order valence-electron chi connectivity index (χ1n) is 5.36. The monoisotopic (exact) mass is 251 g/mol. The maximum absolute atomic E-state index is 13.3. The molecule has 1 rings (SSSR count). The van der Waals surface area contributed by atoms with Crippen molar-refractivity contribution in [1.29, 1.82) is 0 Å². The Bertz CT molecular complexity index is 509. The van der Waals surface area contributed by atoms with Crippen molar-refractivity contribution in [2.45, 2.75) is 20.4 Å². The topological polar surface area (TPSA) is 66.4 Å². The predicted octanol–water partition coefficient (Wildman–Crippen LogP) is 1.86. The summed E-state index contributed by atoms with van der Waals surface area (Å²) < 4.78 is 13.3. The molecule has 0 unspecified atom stereocenters. The average Bonchev–Trinajstić information content (AvgIpc) is 2.35. The standard InChI is InChI=1S/C13H14FNO3/c1-8(9(2)13(17)18)12(16)15-7-10-5-3-4-6-11(10)14/h3-6H,7H2,1-2H3,(H,15,16)(H,17,18)/b9-8-. The Hall–Kier alpha value is -2.17. The number of nitrogens with one attached hydrogen (secondary N) is 1. The maximum atomic E-state index is 13.3. The highest BCUT2D eigenvalue weighted by Gasteiger charge is 2.12. The lowest BCUT2D eigenvalue weighted by Crippen LogP contribution is -2.25. The van der Waals surface area contributed by atoms with E-state index >= 15 is 0 Å². The van der Waals surface area contributed by atoms with Gasteiger partial charge >= 0.3 is 5.97 Å². The van der Waals surface area contributed by atoms with Crippen LogP contribution in [0.5, 0.6) is 0 Å². The summed E-state index contributed by atoms with van der Waals surface area (Å²) in [6, 6.07) is 6.07. The third kappa shape index (κ3) is 3.41. The number of amides is 1. The van der Waals surface area contributed by atoms with Crippen molar-refractivity contribution >= 4 is 11.9 Å². The van der Waals surface area contributed by atoms with Gasteiger partial charge in [-0.05, 0) is 19.9 Å². The van der Waals surface area contributed by atoms with Crippen LogP contribution in [0.4, 0.5) is 4.39 Å². The summed E-state index contributed by atoms with van der Waals surface area (Å²) in [5.74, 6) is -2.07. The van der Waals surface area contributed by atoms with E-state index in [1.807, 2.05) is 0 Å². The van der Waals surface area contributed by atoms with Gasteiger partial charge in [-0.2, -0.15) is 0 Å². The highest BCUT2D eigenvalue weighted by Crippen LogP contribution is 2.07. The molecule has 0 aliphatic rings. The van der Waals surface area contributed by atoms with E-state index < -0.39 is 17.7 Å². The van der Waals surface area contributed by atoms with Crippen molar-refractivity contribution in [2.24, 2.45) is 0 Å². The Labute approximate surface area is 104 Å². The molecule has 0 saturated heterocycles. The van der Waals surface area contributed by atoms with Gasteiger partial charge in [0.2, 0.25) is 5.91 Å². The first-order valence-corrected chi connectivity index (χ1v) is 5.36. The largest absolute Gasteiger partial charge is 0.478 e. The molecule has 0 aliphatic heterocycles. The van der Waals surface area contributed by atoms with E-state index in [-0.39, 0.29) is 17.7 Å². The SMILES string of the molecule is C/C(C(=O)O)=C(\C)C(=O)NCc1ccccc1F. The Morgan fingerprint density at radius 1 is 1.22 bits per heavy atom. The number of hydrogen-bond donors (Lipinski definition) is 2. The van der Waals surface area contributed by atoms with Crippen LogP contribution in [0.15, 0.2) is 35.4 Å². The van der Waals surface area contributed by atoms with Crippen molar-refractivity contribution in [2.75, 3.05) is 0 Å². The average molecular weight is 251 g/mol. The number of carboxylic acids is 1. The molecule has 0 saturated carbocycles. The van der Waals surface area contributed by atoms with Gasteiger partial charge in [0.05, 0.1) is 0 Å². The van der Waals surface area contributed by atoms with Crippen LogP contribution in [-0.4, -0.2) is 17.0 Å². The number of rotatable bonds is 4. The lowest BCUT2D eigenvalue weighted by Gasteiger charge is -2.07. The number of benzene rings is 1. The molecule has 0 atom stereocenters. The van der Waals surface area contributed by atoms with Crippen LogP contribution in [0.2, 0.25) is 0 Å². The normalized spacial score (nSPS) is 11.7. The minimum atomic E-state index is -1.14. The van der Waals surface area contributed by atoms with Gasteiger partial charge in [0, 0.05) is 23.3 Å². The molecular weight excluding hydrogens is 237 g/mol. The second-order valence-electron chi connectivity index (χ2n) is 3.83. The molecule has 2 N–H and O–H groups in total. The van der Waals surface area contributed by atoms with Crippen LogP contribution in [0, 0.1) is 5.82 Å². The molecule has 0 heterocycles. The smallest absolute Gasteiger partial charge is 0.331 e. The molecule has 0 spiro atoms. The zero-order chi connectivity index (χ0) is 13.7. The molecule has 18 heavy (non-hydrogen) atoms. The minimum Gasteiger partial charge on any atom is -0.478 e. The van der Waals surface area contributed by atoms with E-state index in [0.29, 0.717) is 5.56 Å². The van der Waals surface area contributed by atoms with Gasteiger partial charge in [-0.3, -0.25) is 4.79 Å². The van der Waals surface area contributed by atoms with Crippen molar-refractivity contribution in [3.63, 3.8) is 0 Å². The number of carboxylic acid groups (broad SMARTS) is 1. The Morgan fingerprint density at radius 3 is 2.39 bits per heavy atom. The molecule has 0 bridgehead atoms. The lowest BCUT2D eigenvalue weighted by atomic mass is 10.1. The van der Waals surface area contributed by atoms with Gasteiger partial charge in [0.15, 0.2) is 0 Å². The van der Waals surface area contributed by atoms with E-state index in [4.69, 9.17) is 5.11 Å². The van der Waals surface area contributed by atoms with Crippen LogP contribution in [0.25, 0.3) is 0 Å². The first kappa shape index (κ1) is 13.9. The van der Waals surface area contributed by atoms with Gasteiger partial charge in [0.25, 0.3) is 0 Å². The Morgan fingerprint density at radius 2 is 1.83 bits per heavy atom. The molecule has 5 heteroatoms. The summed E-state index contributed by atoms with van der Waals surface area (Å²) in [5, 5.41) is 11.2. The third-order valence-corrected chi connectivity index (χ3v) is 2.62. The molecular formula is C13H14FNO3. The minimum absolute atomic E-state index is 0.0236. The molecule has 96 valence electrons. The number of carbonyl (C=O) groups is 2. The van der Waals surface area contributed by atoms with Gasteiger partial charge in [-0.15, -0.1) is 0 Å². The van der Waals surface area contributed by atoms with Crippen LogP contribution >= 0.6 is 0 Å². The second-order valence-corrected chi connectivity index (χ2v) is 3.83. The highest BCUT2D eigenvalue weighted by atomic mass is 19.1. The summed E-state index contributed by atoms with van der Waals surface area (Å²) >= 11 is 0. The molecule has 1 aromatic carbocycles. The number of halogens is 1. The summed E-state index contributed by atoms with van der Waals surface area (Å²) in [5.41, 5.74) is 0.437. The summed E-state index contributed by atoms with van der Waals surface area (Å²) in [7, 11) is 0. The van der Waals surface area contributed by atoms with E-state index in [9.17, 15) is 14.0 Å². The van der Waals surface area contributed by atoms with Gasteiger partial charge in [-0.25, -0.2) is 9.18 Å². The zero-order valence-electron chi connectivity index (χ0n) is 10.2. The van der Waals surface area contributed by atoms with Crippen molar-refractivity contribution < 1.29 is 19.1 Å². The van der Waals surface area contributed by atoms with Crippen LogP contribution in [-0.2, 0) is 16.1 Å². The Kier molecular flexibility index (Phi) is 4.59. The van der Waals surface area contributed by atoms with Crippen molar-refractivity contribution in [1.82, 2.24) is 5.32 Å². The van der Waals surface area contributed by atoms with Crippen LogP contribution in [0.1, 0.15) is 19.4 Å². The van der Waals surface area contributed by atoms with Crippen LogP contribution in [0.3, 0.4) is 0 Å². The fraction of sp³-hybridized carbons (Fsp3) is 0.231. The maximum Gasteiger partial charge on any atom is 0.331 e. The number of hydrogen-bond acceptors (Lipinski definition) is 2. The zero-order valence-corrected chi connectivity index (χ0v) is 10.2. The molecule has 1 aromatic rings. The molecule has 0 aliphatic carbocycles. The van der Waals surface area contributed by atoms with Crippen LogP contribution < -0.4 is 5.32 Å². The first-order chi connectivity index (χ1) is 8.43. The van der Waals surface area contributed by atoms with Crippen molar-refractivity contribution in [3.05, 3.63) is 46.8 Å². The summed E-state index contributed by atoms with van der Waals surface area (Å²) in [6.45, 7) is 2.79. The second kappa shape index (κ2) is 5.95. The highest BCUT2D eigenvalue weighted by molar-refractivity contribution is 6.01. The molecule has 0 fully saturated rings. The molecule has 0 radical (unpaired) electrons. The quantitative estimate of drug-likeness (QED) is 0.803. The van der Waals surface area contributed by atoms with E-state index in [2.05, 4.69) is 5.32 Å². The van der Waals surface area contributed by atoms with E-state index in [1.54, 1.807) is 18.2 Å². The lowest BCUT2D eigenvalue weighted by molar-refractivity contribution is -0.133. The Balaban J connectivity index is 2.71. The fourth-order valence-electron chi connectivity index (χ4n) is 1.28. The molecule has 1 amide bonds. The van der Waals surface area contributed by atoms with E-state index in [0.717, 1.165) is 0 Å². The van der Waals surface area contributed by atoms with Gasteiger partial charge in [0.1, 0.15) is 5.82 Å². The number of aliphatic carboxylic acids is 1. The third-order valence-electron chi connectivity index (χ3n) is 2.62. The molecule has 0 aromatic heterocycles. The number of carbonyl (C=O) groups excluding carboxylic acids is 1. The summed E-state index contributed by atoms with van der Waals surface area (Å²) in [6.07, 6.45) is 0. The summed E-state index contributed by atoms with van der Waals surface area (Å²) in [4.78, 5) is 22.3. The molecule has 4 nitrogen and oxygen atoms in total. The van der Waals surface area contributed by atoms with Gasteiger partial charge in [-0.1, -0.05) is 18.2 Å². The fourth-order valence-corrected chi connectivity index (χ4v) is 1.28. The van der Waals surface area contributed by atoms with Crippen molar-refractivity contribution in [3.8, 4) is 0 Å². The van der Waals surface area contributed by atoms with Gasteiger partial charge < -0.3 is 10.4 Å². The predicted molar refractivity (Wildman–Crippen MR) is 64.3 cm³/mol.